The Hall–Kier alpha value is -3.05. The van der Waals surface area contributed by atoms with E-state index in [0.717, 1.165) is 38.9 Å². The highest BCUT2D eigenvalue weighted by molar-refractivity contribution is 5.95. The van der Waals surface area contributed by atoms with E-state index in [1.807, 2.05) is 36.0 Å². The second kappa shape index (κ2) is 6.69. The molecule has 0 aliphatic heterocycles. The summed E-state index contributed by atoms with van der Waals surface area (Å²) in [6.45, 7) is 2.90. The molecule has 4 nitrogen and oxygen atoms in total. The summed E-state index contributed by atoms with van der Waals surface area (Å²) in [4.78, 5) is 4.59. The SMILES string of the molecule is Cc1cc(F)ccc1-c1c(CN)cnc2c1cnn2Cc1ccccc1. The van der Waals surface area contributed by atoms with Crippen LogP contribution in [0.2, 0.25) is 0 Å². The number of fused-ring (bicyclic) bond motifs is 1. The number of pyridine rings is 1. The number of aryl methyl sites for hydroxylation is 1. The fourth-order valence-corrected chi connectivity index (χ4v) is 3.32. The fraction of sp³-hybridized carbons (Fsp3) is 0.143. The number of rotatable bonds is 4. The maximum Gasteiger partial charge on any atom is 0.158 e. The second-order valence-electron chi connectivity index (χ2n) is 6.35. The molecule has 0 amide bonds. The molecule has 26 heavy (non-hydrogen) atoms. The average molecular weight is 346 g/mol. The van der Waals surface area contributed by atoms with Gasteiger partial charge in [-0.15, -0.1) is 0 Å². The van der Waals surface area contributed by atoms with Gasteiger partial charge < -0.3 is 5.73 Å². The Bertz CT molecular complexity index is 1070. The van der Waals surface area contributed by atoms with Crippen LogP contribution in [0.15, 0.2) is 60.9 Å². The number of nitrogens with zero attached hydrogens (tertiary/aromatic N) is 3. The lowest BCUT2D eigenvalue weighted by atomic mass is 9.95. The number of nitrogens with two attached hydrogens (primary N) is 1. The van der Waals surface area contributed by atoms with Crippen molar-refractivity contribution < 1.29 is 4.39 Å². The van der Waals surface area contributed by atoms with Crippen LogP contribution in [0.1, 0.15) is 16.7 Å². The fourth-order valence-electron chi connectivity index (χ4n) is 3.32. The highest BCUT2D eigenvalue weighted by Crippen LogP contribution is 2.33. The molecule has 4 rings (SSSR count). The van der Waals surface area contributed by atoms with Crippen molar-refractivity contribution in [1.82, 2.24) is 14.8 Å². The van der Waals surface area contributed by atoms with Gasteiger partial charge >= 0.3 is 0 Å². The van der Waals surface area contributed by atoms with Gasteiger partial charge in [-0.3, -0.25) is 0 Å². The molecule has 2 N–H and O–H groups in total. The van der Waals surface area contributed by atoms with E-state index in [1.54, 1.807) is 12.3 Å². The van der Waals surface area contributed by atoms with Gasteiger partial charge in [0.05, 0.1) is 12.7 Å². The van der Waals surface area contributed by atoms with Gasteiger partial charge in [-0.05, 0) is 41.3 Å². The first kappa shape index (κ1) is 16.4. The molecule has 0 fully saturated rings. The first-order chi connectivity index (χ1) is 12.7. The summed E-state index contributed by atoms with van der Waals surface area (Å²) in [5, 5.41) is 5.47. The molecule has 0 saturated carbocycles. The number of hydrogen-bond acceptors (Lipinski definition) is 3. The van der Waals surface area contributed by atoms with Crippen LogP contribution in [0.25, 0.3) is 22.2 Å². The Morgan fingerprint density at radius 1 is 1.08 bits per heavy atom. The standard InChI is InChI=1S/C21H19FN4/c1-14-9-17(22)7-8-18(14)20-16(10-23)11-24-21-19(20)12-25-26(21)13-15-5-3-2-4-6-15/h2-9,11-12H,10,13,23H2,1H3. The normalized spacial score (nSPS) is 11.2. The molecule has 0 aliphatic carbocycles. The molecule has 5 heteroatoms. The first-order valence-corrected chi connectivity index (χ1v) is 8.51. The van der Waals surface area contributed by atoms with Gasteiger partial charge in [-0.25, -0.2) is 14.1 Å². The van der Waals surface area contributed by atoms with Crippen molar-refractivity contribution >= 4 is 11.0 Å². The summed E-state index contributed by atoms with van der Waals surface area (Å²) in [5.74, 6) is -0.245. The van der Waals surface area contributed by atoms with E-state index in [4.69, 9.17) is 5.73 Å². The maximum absolute atomic E-state index is 13.6. The second-order valence-corrected chi connectivity index (χ2v) is 6.35. The average Bonchev–Trinajstić information content (AvgIpc) is 3.05. The molecule has 0 spiro atoms. The summed E-state index contributed by atoms with van der Waals surface area (Å²) in [6.07, 6.45) is 3.62. The molecule has 0 saturated heterocycles. The highest BCUT2D eigenvalue weighted by atomic mass is 19.1. The Kier molecular flexibility index (Phi) is 4.22. The van der Waals surface area contributed by atoms with Crippen molar-refractivity contribution in [3.05, 3.63) is 83.4 Å². The van der Waals surface area contributed by atoms with Crippen molar-refractivity contribution in [3.8, 4) is 11.1 Å². The van der Waals surface area contributed by atoms with Crippen molar-refractivity contribution in [1.29, 1.82) is 0 Å². The van der Waals surface area contributed by atoms with E-state index in [2.05, 4.69) is 22.2 Å². The van der Waals surface area contributed by atoms with Crippen LogP contribution in [0.5, 0.6) is 0 Å². The summed E-state index contributed by atoms with van der Waals surface area (Å²) in [6, 6.07) is 14.9. The van der Waals surface area contributed by atoms with Gasteiger partial charge in [0.25, 0.3) is 0 Å². The summed E-state index contributed by atoms with van der Waals surface area (Å²) in [7, 11) is 0. The quantitative estimate of drug-likeness (QED) is 0.606. The van der Waals surface area contributed by atoms with Crippen LogP contribution >= 0.6 is 0 Å². The molecule has 4 aromatic rings. The third kappa shape index (κ3) is 2.86. The van der Waals surface area contributed by atoms with Crippen molar-refractivity contribution in [2.24, 2.45) is 5.73 Å². The number of hydrogen-bond donors (Lipinski definition) is 1. The van der Waals surface area contributed by atoms with Gasteiger partial charge in [-0.2, -0.15) is 5.10 Å². The van der Waals surface area contributed by atoms with E-state index in [1.165, 1.54) is 12.1 Å². The smallest absolute Gasteiger partial charge is 0.158 e. The molecule has 0 unspecified atom stereocenters. The van der Waals surface area contributed by atoms with Gasteiger partial charge in [-0.1, -0.05) is 36.4 Å². The van der Waals surface area contributed by atoms with Crippen molar-refractivity contribution in [3.63, 3.8) is 0 Å². The zero-order chi connectivity index (χ0) is 18.1. The number of aromatic nitrogens is 3. The van der Waals surface area contributed by atoms with Gasteiger partial charge in [0.15, 0.2) is 5.65 Å². The zero-order valence-electron chi connectivity index (χ0n) is 14.5. The molecule has 0 atom stereocenters. The van der Waals surface area contributed by atoms with Crippen LogP contribution in [0, 0.1) is 12.7 Å². The van der Waals surface area contributed by atoms with E-state index < -0.39 is 0 Å². The third-order valence-corrected chi connectivity index (χ3v) is 4.60. The maximum atomic E-state index is 13.6. The topological polar surface area (TPSA) is 56.7 Å². The molecule has 2 aromatic carbocycles. The molecule has 0 radical (unpaired) electrons. The van der Waals surface area contributed by atoms with E-state index in [0.29, 0.717) is 13.1 Å². The van der Waals surface area contributed by atoms with Gasteiger partial charge in [0.1, 0.15) is 5.82 Å². The lowest BCUT2D eigenvalue weighted by Crippen LogP contribution is -2.05. The Labute approximate surface area is 151 Å². The van der Waals surface area contributed by atoms with E-state index >= 15 is 0 Å². The Balaban J connectivity index is 1.89. The number of halogens is 1. The van der Waals surface area contributed by atoms with E-state index in [-0.39, 0.29) is 5.82 Å². The van der Waals surface area contributed by atoms with Gasteiger partial charge in [0, 0.05) is 23.7 Å². The Morgan fingerprint density at radius 3 is 2.62 bits per heavy atom. The number of benzene rings is 2. The molecule has 0 aliphatic rings. The zero-order valence-corrected chi connectivity index (χ0v) is 14.5. The van der Waals surface area contributed by atoms with E-state index in [9.17, 15) is 4.39 Å². The minimum absolute atomic E-state index is 0.245. The first-order valence-electron chi connectivity index (χ1n) is 8.51. The minimum Gasteiger partial charge on any atom is -0.326 e. The largest absolute Gasteiger partial charge is 0.326 e. The Morgan fingerprint density at radius 2 is 1.88 bits per heavy atom. The predicted molar refractivity (Wildman–Crippen MR) is 101 cm³/mol. The monoisotopic (exact) mass is 346 g/mol. The summed E-state index contributed by atoms with van der Waals surface area (Å²) in [5.41, 5.74) is 11.6. The molecule has 0 bridgehead atoms. The third-order valence-electron chi connectivity index (χ3n) is 4.60. The highest BCUT2D eigenvalue weighted by Gasteiger charge is 2.16. The van der Waals surface area contributed by atoms with Gasteiger partial charge in [0.2, 0.25) is 0 Å². The molecule has 2 heterocycles. The molecular formula is C21H19FN4. The van der Waals surface area contributed by atoms with Crippen LogP contribution < -0.4 is 5.73 Å². The lowest BCUT2D eigenvalue weighted by Gasteiger charge is -2.12. The lowest BCUT2D eigenvalue weighted by molar-refractivity contribution is 0.627. The predicted octanol–water partition coefficient (Wildman–Crippen LogP) is 4.05. The summed E-state index contributed by atoms with van der Waals surface area (Å²) >= 11 is 0. The van der Waals surface area contributed by atoms with Crippen molar-refractivity contribution in [2.75, 3.05) is 0 Å². The van der Waals surface area contributed by atoms with Crippen LogP contribution in [-0.4, -0.2) is 14.8 Å². The van der Waals surface area contributed by atoms with Crippen LogP contribution in [0.4, 0.5) is 4.39 Å². The summed E-state index contributed by atoms with van der Waals surface area (Å²) < 4.78 is 15.4. The molecule has 130 valence electrons. The van der Waals surface area contributed by atoms with Crippen LogP contribution in [-0.2, 0) is 13.1 Å². The van der Waals surface area contributed by atoms with Crippen LogP contribution in [0.3, 0.4) is 0 Å². The minimum atomic E-state index is -0.245. The molecular weight excluding hydrogens is 327 g/mol. The molecule has 2 aromatic heterocycles. The van der Waals surface area contributed by atoms with Crippen molar-refractivity contribution in [2.45, 2.75) is 20.0 Å².